The highest BCUT2D eigenvalue weighted by molar-refractivity contribution is 6.46. The van der Waals surface area contributed by atoms with Gasteiger partial charge in [-0.25, -0.2) is 4.79 Å². The number of aromatic nitrogens is 1. The number of esters is 1. The van der Waals surface area contributed by atoms with Crippen molar-refractivity contribution in [2.45, 2.75) is 53.0 Å². The van der Waals surface area contributed by atoms with Gasteiger partial charge in [-0.2, -0.15) is 0 Å². The molecule has 8 heteroatoms. The molecule has 1 aromatic heterocycles. The topological polar surface area (TPSA) is 103 Å². The number of rotatable bonds is 9. The van der Waals surface area contributed by atoms with Gasteiger partial charge < -0.3 is 24.6 Å². The van der Waals surface area contributed by atoms with E-state index in [0.717, 1.165) is 17.7 Å². The van der Waals surface area contributed by atoms with E-state index in [1.54, 1.807) is 25.7 Å². The first kappa shape index (κ1) is 27.2. The molecule has 0 saturated carbocycles. The van der Waals surface area contributed by atoms with E-state index >= 15 is 0 Å². The quantitative estimate of drug-likeness (QED) is 0.233. The van der Waals surface area contributed by atoms with Gasteiger partial charge in [0.2, 0.25) is 0 Å². The Hall–Kier alpha value is -3.39. The second-order valence-corrected chi connectivity index (χ2v) is 9.82. The van der Waals surface area contributed by atoms with E-state index in [1.165, 1.54) is 0 Å². The summed E-state index contributed by atoms with van der Waals surface area (Å²) in [6.45, 7) is 10.6. The number of benzene rings is 1. The van der Waals surface area contributed by atoms with Crippen LogP contribution in [0, 0.1) is 13.8 Å². The zero-order valence-corrected chi connectivity index (χ0v) is 22.3. The van der Waals surface area contributed by atoms with Crippen LogP contribution in [0.5, 0.6) is 0 Å². The Morgan fingerprint density at radius 2 is 1.81 bits per heavy atom. The van der Waals surface area contributed by atoms with Crippen molar-refractivity contribution < 1.29 is 24.2 Å². The first-order valence-electron chi connectivity index (χ1n) is 12.4. The fraction of sp³-hybridized carbons (Fsp3) is 0.464. The Bertz CT molecular complexity index is 1170. The molecular weight excluding hydrogens is 458 g/mol. The third-order valence-electron chi connectivity index (χ3n) is 6.62. The van der Waals surface area contributed by atoms with Gasteiger partial charge in [-0.3, -0.25) is 9.59 Å². The molecule has 1 saturated heterocycles. The number of nitrogens with zero attached hydrogens (tertiary/aromatic N) is 2. The number of hydrogen-bond donors (Lipinski definition) is 2. The molecule has 2 N–H and O–H groups in total. The maximum absolute atomic E-state index is 13.3. The molecule has 1 aliphatic heterocycles. The second-order valence-electron chi connectivity index (χ2n) is 9.82. The molecule has 36 heavy (non-hydrogen) atoms. The average Bonchev–Trinajstić information content (AvgIpc) is 3.26. The van der Waals surface area contributed by atoms with Crippen LogP contribution in [0.1, 0.15) is 77.6 Å². The number of aliphatic hydroxyl groups is 1. The van der Waals surface area contributed by atoms with Crippen LogP contribution in [-0.2, 0) is 14.3 Å². The van der Waals surface area contributed by atoms with Gasteiger partial charge in [0.05, 0.1) is 18.2 Å². The maximum Gasteiger partial charge on any atom is 0.355 e. The van der Waals surface area contributed by atoms with Gasteiger partial charge in [-0.05, 0) is 70.4 Å². The van der Waals surface area contributed by atoms with Crippen LogP contribution < -0.4 is 0 Å². The minimum atomic E-state index is -0.729. The van der Waals surface area contributed by atoms with Crippen LogP contribution in [0.2, 0.25) is 0 Å². The van der Waals surface area contributed by atoms with Gasteiger partial charge in [0, 0.05) is 17.8 Å². The average molecular weight is 496 g/mol. The normalized spacial score (nSPS) is 17.5. The van der Waals surface area contributed by atoms with Gasteiger partial charge in [-0.15, -0.1) is 0 Å². The standard InChI is InChI=1S/C28H37N3O5/c1-8-36-28(35)23-17(4)21(18(5)29-23)25(32)22-24(20-12-10-19(11-13-20)16(2)3)31(27(34)26(22)33)15-9-14-30(6)7/h10-13,16,24,29,32H,8-9,14-15H2,1-7H3/b25-22+/t24-/m1/s1. The summed E-state index contributed by atoms with van der Waals surface area (Å²) in [5, 5.41) is 11.5. The number of nitrogens with one attached hydrogen (secondary N) is 1. The number of ether oxygens (including phenoxy) is 1. The van der Waals surface area contributed by atoms with Gasteiger partial charge in [0.1, 0.15) is 11.5 Å². The zero-order valence-electron chi connectivity index (χ0n) is 22.3. The van der Waals surface area contributed by atoms with Gasteiger partial charge >= 0.3 is 5.97 Å². The number of Topliss-reactive ketones (excluding diaryl/α,β-unsaturated/α-hetero) is 1. The lowest BCUT2D eigenvalue weighted by Crippen LogP contribution is -2.32. The number of carbonyl (C=O) groups excluding carboxylic acids is 3. The summed E-state index contributed by atoms with van der Waals surface area (Å²) in [7, 11) is 3.91. The first-order valence-corrected chi connectivity index (χ1v) is 12.4. The highest BCUT2D eigenvalue weighted by Gasteiger charge is 2.46. The Morgan fingerprint density at radius 3 is 2.36 bits per heavy atom. The monoisotopic (exact) mass is 495 g/mol. The van der Waals surface area contributed by atoms with E-state index in [9.17, 15) is 19.5 Å². The lowest BCUT2D eigenvalue weighted by Gasteiger charge is -2.26. The summed E-state index contributed by atoms with van der Waals surface area (Å²) in [5.41, 5.74) is 3.46. The van der Waals surface area contributed by atoms with Crippen LogP contribution in [0.15, 0.2) is 29.8 Å². The van der Waals surface area contributed by atoms with Crippen LogP contribution >= 0.6 is 0 Å². The summed E-state index contributed by atoms with van der Waals surface area (Å²) < 4.78 is 5.12. The molecule has 0 unspecified atom stereocenters. The number of likely N-dealkylation sites (tertiary alicyclic amines) is 1. The predicted octanol–water partition coefficient (Wildman–Crippen LogP) is 4.31. The van der Waals surface area contributed by atoms with E-state index in [2.05, 4.69) is 18.8 Å². The van der Waals surface area contributed by atoms with E-state index in [0.29, 0.717) is 35.7 Å². The number of aliphatic hydroxyl groups excluding tert-OH is 1. The zero-order chi connectivity index (χ0) is 26.7. The molecule has 0 aliphatic carbocycles. The van der Waals surface area contributed by atoms with Crippen LogP contribution in [0.25, 0.3) is 5.76 Å². The third-order valence-corrected chi connectivity index (χ3v) is 6.62. The number of aromatic amines is 1. The first-order chi connectivity index (χ1) is 17.0. The molecule has 194 valence electrons. The largest absolute Gasteiger partial charge is 0.507 e. The number of H-pyrrole nitrogens is 1. The number of aryl methyl sites for hydroxylation is 1. The number of carbonyl (C=O) groups is 3. The molecule has 0 radical (unpaired) electrons. The summed E-state index contributed by atoms with van der Waals surface area (Å²) in [6.07, 6.45) is 0.676. The molecule has 1 aliphatic rings. The smallest absolute Gasteiger partial charge is 0.355 e. The SMILES string of the molecule is CCOC(=O)c1[nH]c(C)c(/C(O)=C2\C(=O)C(=O)N(CCCN(C)C)[C@@H]2c2ccc(C(C)C)cc2)c1C. The Morgan fingerprint density at radius 1 is 1.17 bits per heavy atom. The van der Waals surface area contributed by atoms with E-state index < -0.39 is 23.7 Å². The van der Waals surface area contributed by atoms with Crippen molar-refractivity contribution in [3.8, 4) is 0 Å². The van der Waals surface area contributed by atoms with Crippen molar-refractivity contribution in [2.24, 2.45) is 0 Å². The molecule has 0 spiro atoms. The van der Waals surface area contributed by atoms with Crippen molar-refractivity contribution in [1.29, 1.82) is 0 Å². The van der Waals surface area contributed by atoms with Crippen LogP contribution in [0.4, 0.5) is 0 Å². The van der Waals surface area contributed by atoms with E-state index in [-0.39, 0.29) is 23.6 Å². The van der Waals surface area contributed by atoms with Crippen molar-refractivity contribution in [3.05, 3.63) is 63.5 Å². The Kier molecular flexibility index (Phi) is 8.40. The van der Waals surface area contributed by atoms with Crippen molar-refractivity contribution in [3.63, 3.8) is 0 Å². The van der Waals surface area contributed by atoms with Gasteiger partial charge in [-0.1, -0.05) is 38.1 Å². The highest BCUT2D eigenvalue weighted by atomic mass is 16.5. The molecular formula is C28H37N3O5. The number of ketones is 1. The summed E-state index contributed by atoms with van der Waals surface area (Å²) in [6, 6.07) is 7.09. The minimum absolute atomic E-state index is 0.0303. The fourth-order valence-corrected chi connectivity index (χ4v) is 4.72. The van der Waals surface area contributed by atoms with Crippen molar-refractivity contribution in [1.82, 2.24) is 14.8 Å². The molecule has 1 aromatic carbocycles. The maximum atomic E-state index is 13.3. The molecule has 1 amide bonds. The number of amides is 1. The lowest BCUT2D eigenvalue weighted by atomic mass is 9.92. The molecule has 3 rings (SSSR count). The summed E-state index contributed by atoms with van der Waals surface area (Å²) in [5.74, 6) is -1.86. The minimum Gasteiger partial charge on any atom is -0.507 e. The van der Waals surface area contributed by atoms with Crippen LogP contribution in [-0.4, -0.2) is 71.3 Å². The van der Waals surface area contributed by atoms with Gasteiger partial charge in [0.25, 0.3) is 11.7 Å². The fourth-order valence-electron chi connectivity index (χ4n) is 4.72. The molecule has 2 heterocycles. The number of hydrogen-bond acceptors (Lipinski definition) is 6. The molecule has 2 aromatic rings. The highest BCUT2D eigenvalue weighted by Crippen LogP contribution is 2.41. The van der Waals surface area contributed by atoms with Gasteiger partial charge in [0.15, 0.2) is 0 Å². The van der Waals surface area contributed by atoms with E-state index in [4.69, 9.17) is 4.74 Å². The van der Waals surface area contributed by atoms with Crippen molar-refractivity contribution >= 4 is 23.4 Å². The Balaban J connectivity index is 2.16. The molecule has 1 atom stereocenters. The Labute approximate surface area is 212 Å². The molecule has 1 fully saturated rings. The lowest BCUT2D eigenvalue weighted by molar-refractivity contribution is -0.139. The van der Waals surface area contributed by atoms with Crippen molar-refractivity contribution in [2.75, 3.05) is 33.8 Å². The van der Waals surface area contributed by atoms with Crippen LogP contribution in [0.3, 0.4) is 0 Å². The summed E-state index contributed by atoms with van der Waals surface area (Å²) >= 11 is 0. The molecule has 0 bridgehead atoms. The molecule has 8 nitrogen and oxygen atoms in total. The summed E-state index contributed by atoms with van der Waals surface area (Å²) in [4.78, 5) is 45.5. The third kappa shape index (κ3) is 5.23. The second kappa shape index (κ2) is 11.1. The predicted molar refractivity (Wildman–Crippen MR) is 139 cm³/mol. The van der Waals surface area contributed by atoms with E-state index in [1.807, 2.05) is 43.3 Å².